The first-order valence-corrected chi connectivity index (χ1v) is 6.90. The van der Waals surface area contributed by atoms with Gasteiger partial charge in [0, 0.05) is 36.4 Å². The van der Waals surface area contributed by atoms with Crippen LogP contribution in [0.5, 0.6) is 0 Å². The summed E-state index contributed by atoms with van der Waals surface area (Å²) in [5, 5.41) is 5.68. The quantitative estimate of drug-likeness (QED) is 0.758. The molecule has 17 heavy (non-hydrogen) atoms. The van der Waals surface area contributed by atoms with Crippen LogP contribution in [0.25, 0.3) is 4.96 Å². The van der Waals surface area contributed by atoms with Crippen molar-refractivity contribution in [1.82, 2.24) is 19.6 Å². The highest BCUT2D eigenvalue weighted by atomic mass is 32.1. The molecule has 0 unspecified atom stereocenters. The summed E-state index contributed by atoms with van der Waals surface area (Å²) in [6.45, 7) is 3.28. The van der Waals surface area contributed by atoms with Crippen molar-refractivity contribution in [1.29, 1.82) is 0 Å². The van der Waals surface area contributed by atoms with E-state index in [2.05, 4.69) is 39.1 Å². The Bertz CT molecular complexity index is 446. The molecule has 2 aromatic heterocycles. The molecule has 4 nitrogen and oxygen atoms in total. The lowest BCUT2D eigenvalue weighted by Crippen LogP contribution is -2.23. The van der Waals surface area contributed by atoms with Gasteiger partial charge < -0.3 is 10.2 Å². The Morgan fingerprint density at radius 2 is 2.29 bits per heavy atom. The number of fused-ring (bicyclic) bond motifs is 1. The maximum Gasteiger partial charge on any atom is 0.193 e. The molecule has 0 saturated heterocycles. The van der Waals surface area contributed by atoms with Gasteiger partial charge in [0.05, 0.1) is 0 Å². The van der Waals surface area contributed by atoms with E-state index in [1.54, 1.807) is 11.3 Å². The van der Waals surface area contributed by atoms with Gasteiger partial charge in [-0.1, -0.05) is 0 Å². The molecule has 5 heteroatoms. The van der Waals surface area contributed by atoms with E-state index < -0.39 is 0 Å². The van der Waals surface area contributed by atoms with Gasteiger partial charge in [0.1, 0.15) is 0 Å². The van der Waals surface area contributed by atoms with E-state index in [0.717, 1.165) is 31.0 Å². The van der Waals surface area contributed by atoms with Gasteiger partial charge in [0.2, 0.25) is 0 Å². The molecule has 0 saturated carbocycles. The zero-order chi connectivity index (χ0) is 12.1. The van der Waals surface area contributed by atoms with Gasteiger partial charge in [0.15, 0.2) is 4.96 Å². The predicted octanol–water partition coefficient (Wildman–Crippen LogP) is 1.48. The number of hydrogen-bond acceptors (Lipinski definition) is 4. The fourth-order valence-electron chi connectivity index (χ4n) is 1.81. The molecule has 1 N–H and O–H groups in total. The molecule has 0 atom stereocenters. The first-order valence-electron chi connectivity index (χ1n) is 6.02. The summed E-state index contributed by atoms with van der Waals surface area (Å²) < 4.78 is 2.17. The number of thiazole rings is 1. The fraction of sp³-hybridized carbons (Fsp3) is 0.583. The Labute approximate surface area is 106 Å². The topological polar surface area (TPSA) is 32.6 Å². The third-order valence-electron chi connectivity index (χ3n) is 2.73. The zero-order valence-corrected chi connectivity index (χ0v) is 11.3. The Morgan fingerprint density at radius 3 is 3.12 bits per heavy atom. The van der Waals surface area contributed by atoms with Crippen LogP contribution in [0.15, 0.2) is 17.8 Å². The molecule has 0 amide bonds. The van der Waals surface area contributed by atoms with Crippen molar-refractivity contribution in [3.63, 3.8) is 0 Å². The minimum absolute atomic E-state index is 1.04. The van der Waals surface area contributed by atoms with Crippen molar-refractivity contribution in [2.45, 2.75) is 12.8 Å². The van der Waals surface area contributed by atoms with Gasteiger partial charge in [-0.3, -0.25) is 4.40 Å². The zero-order valence-electron chi connectivity index (χ0n) is 10.5. The molecular formula is C12H20N4S. The van der Waals surface area contributed by atoms with Gasteiger partial charge in [-0.25, -0.2) is 4.98 Å². The second-order valence-electron chi connectivity index (χ2n) is 4.46. The molecule has 0 fully saturated rings. The summed E-state index contributed by atoms with van der Waals surface area (Å²) in [5.41, 5.74) is 1.35. The summed E-state index contributed by atoms with van der Waals surface area (Å²) in [6, 6.07) is 0. The monoisotopic (exact) mass is 252 g/mol. The molecule has 0 aliphatic heterocycles. The normalized spacial score (nSPS) is 11.7. The second kappa shape index (κ2) is 6.14. The highest BCUT2D eigenvalue weighted by Crippen LogP contribution is 2.14. The number of aromatic nitrogens is 2. The van der Waals surface area contributed by atoms with E-state index >= 15 is 0 Å². The maximum absolute atomic E-state index is 4.27. The second-order valence-corrected chi connectivity index (χ2v) is 5.30. The molecule has 0 bridgehead atoms. The van der Waals surface area contributed by atoms with Crippen LogP contribution in [-0.4, -0.2) is 48.0 Å². The van der Waals surface area contributed by atoms with Crippen molar-refractivity contribution >= 4 is 16.3 Å². The van der Waals surface area contributed by atoms with Crippen LogP contribution in [0.1, 0.15) is 12.1 Å². The molecule has 0 aromatic carbocycles. The van der Waals surface area contributed by atoms with Gasteiger partial charge in [-0.15, -0.1) is 11.3 Å². The van der Waals surface area contributed by atoms with Crippen molar-refractivity contribution in [3.05, 3.63) is 23.5 Å². The van der Waals surface area contributed by atoms with Crippen LogP contribution in [0, 0.1) is 0 Å². The lowest BCUT2D eigenvalue weighted by Gasteiger charge is -2.09. The maximum atomic E-state index is 4.27. The molecule has 94 valence electrons. The number of nitrogens with one attached hydrogen (secondary N) is 1. The molecular weight excluding hydrogens is 232 g/mol. The molecule has 0 aliphatic carbocycles. The number of nitrogens with zero attached hydrogens (tertiary/aromatic N) is 3. The van der Waals surface area contributed by atoms with E-state index in [4.69, 9.17) is 0 Å². The molecule has 2 heterocycles. The minimum atomic E-state index is 1.04. The summed E-state index contributed by atoms with van der Waals surface area (Å²) in [6.07, 6.45) is 6.17. The van der Waals surface area contributed by atoms with Crippen molar-refractivity contribution < 1.29 is 0 Å². The Balaban J connectivity index is 1.67. The summed E-state index contributed by atoms with van der Waals surface area (Å²) in [5.74, 6) is 0. The standard InChI is InChI=1S/C12H20N4S/c1-15(2)8-3-5-13-6-4-11-10-17-12-14-7-9-16(11)12/h7,9-10,13H,3-6,8H2,1-2H3. The Hall–Kier alpha value is -0.910. The molecule has 0 radical (unpaired) electrons. The lowest BCUT2D eigenvalue weighted by atomic mass is 10.3. The highest BCUT2D eigenvalue weighted by Gasteiger charge is 2.02. The van der Waals surface area contributed by atoms with Crippen LogP contribution in [0.4, 0.5) is 0 Å². The van der Waals surface area contributed by atoms with Crippen molar-refractivity contribution in [2.24, 2.45) is 0 Å². The number of rotatable bonds is 7. The third kappa shape index (κ3) is 3.52. The van der Waals surface area contributed by atoms with Crippen LogP contribution < -0.4 is 5.32 Å². The molecule has 2 aromatic rings. The van der Waals surface area contributed by atoms with Crippen molar-refractivity contribution in [3.8, 4) is 0 Å². The largest absolute Gasteiger partial charge is 0.316 e. The van der Waals surface area contributed by atoms with Gasteiger partial charge in [0.25, 0.3) is 0 Å². The molecule has 0 aliphatic rings. The van der Waals surface area contributed by atoms with Gasteiger partial charge in [-0.05, 0) is 33.6 Å². The fourth-order valence-corrected chi connectivity index (χ4v) is 2.70. The van der Waals surface area contributed by atoms with E-state index in [9.17, 15) is 0 Å². The predicted molar refractivity (Wildman–Crippen MR) is 72.8 cm³/mol. The average molecular weight is 252 g/mol. The number of hydrogen-bond donors (Lipinski definition) is 1. The van der Waals surface area contributed by atoms with E-state index in [1.165, 1.54) is 12.1 Å². The van der Waals surface area contributed by atoms with Crippen LogP contribution in [0.2, 0.25) is 0 Å². The van der Waals surface area contributed by atoms with Gasteiger partial charge >= 0.3 is 0 Å². The first kappa shape index (κ1) is 12.5. The summed E-state index contributed by atoms with van der Waals surface area (Å²) >= 11 is 1.71. The van der Waals surface area contributed by atoms with E-state index in [-0.39, 0.29) is 0 Å². The average Bonchev–Trinajstić information content (AvgIpc) is 2.86. The Kier molecular flexibility index (Phi) is 4.53. The van der Waals surface area contributed by atoms with Crippen molar-refractivity contribution in [2.75, 3.05) is 33.7 Å². The smallest absolute Gasteiger partial charge is 0.193 e. The Morgan fingerprint density at radius 1 is 1.41 bits per heavy atom. The lowest BCUT2D eigenvalue weighted by molar-refractivity contribution is 0.395. The third-order valence-corrected chi connectivity index (χ3v) is 3.64. The minimum Gasteiger partial charge on any atom is -0.316 e. The van der Waals surface area contributed by atoms with E-state index in [0.29, 0.717) is 0 Å². The highest BCUT2D eigenvalue weighted by molar-refractivity contribution is 7.15. The van der Waals surface area contributed by atoms with E-state index in [1.807, 2.05) is 12.4 Å². The first-order chi connectivity index (χ1) is 8.27. The summed E-state index contributed by atoms with van der Waals surface area (Å²) in [7, 11) is 4.22. The SMILES string of the molecule is CN(C)CCCNCCc1csc2nccn12. The van der Waals surface area contributed by atoms with Gasteiger partial charge in [-0.2, -0.15) is 0 Å². The van der Waals surface area contributed by atoms with Crippen LogP contribution in [0.3, 0.4) is 0 Å². The molecule has 0 spiro atoms. The number of imidazole rings is 1. The molecule has 2 rings (SSSR count). The van der Waals surface area contributed by atoms with Crippen LogP contribution >= 0.6 is 11.3 Å². The summed E-state index contributed by atoms with van der Waals surface area (Å²) in [4.78, 5) is 7.58. The van der Waals surface area contributed by atoms with Crippen LogP contribution in [-0.2, 0) is 6.42 Å².